The molecule has 36 heavy (non-hydrogen) atoms. The van der Waals surface area contributed by atoms with Crippen LogP contribution in [-0.4, -0.2) is 41.1 Å². The second-order valence-electron chi connectivity index (χ2n) is 9.22. The minimum absolute atomic E-state index is 0.106. The fraction of sp³-hybridized carbons (Fsp3) is 0.360. The van der Waals surface area contributed by atoms with E-state index in [2.05, 4.69) is 21.2 Å². The lowest BCUT2D eigenvalue weighted by Crippen LogP contribution is -2.37. The summed E-state index contributed by atoms with van der Waals surface area (Å²) < 4.78 is 5.85. The van der Waals surface area contributed by atoms with Crippen LogP contribution >= 0.6 is 50.7 Å². The van der Waals surface area contributed by atoms with Gasteiger partial charge in [0.2, 0.25) is 11.8 Å². The average molecular weight is 615 g/mol. The molecule has 0 unspecified atom stereocenters. The van der Waals surface area contributed by atoms with E-state index in [1.54, 1.807) is 31.2 Å². The van der Waals surface area contributed by atoms with Gasteiger partial charge in [0.25, 0.3) is 5.91 Å². The lowest BCUT2D eigenvalue weighted by molar-refractivity contribution is -0.123. The molecule has 2 saturated carbocycles. The van der Waals surface area contributed by atoms with Crippen molar-refractivity contribution in [3.05, 3.63) is 57.0 Å². The summed E-state index contributed by atoms with van der Waals surface area (Å²) in [5.74, 6) is -3.20. The fourth-order valence-electron chi connectivity index (χ4n) is 5.56. The molecule has 3 fully saturated rings. The van der Waals surface area contributed by atoms with Gasteiger partial charge >= 0.3 is 5.97 Å². The number of ether oxygens (including phenoxy) is 1. The quantitative estimate of drug-likeness (QED) is 0.285. The van der Waals surface area contributed by atoms with Crippen LogP contribution < -0.4 is 10.2 Å². The van der Waals surface area contributed by atoms with Crippen LogP contribution in [0, 0.1) is 30.6 Å². The number of benzene rings is 2. The average Bonchev–Trinajstić information content (AvgIpc) is 3.47. The summed E-state index contributed by atoms with van der Waals surface area (Å²) in [6, 6.07) is 9.41. The van der Waals surface area contributed by atoms with Crippen molar-refractivity contribution in [3.63, 3.8) is 0 Å². The molecule has 7 nitrogen and oxygen atoms in total. The minimum atomic E-state index is -0.765. The Morgan fingerprint density at radius 2 is 1.72 bits per heavy atom. The first-order chi connectivity index (χ1) is 17.1. The standard InChI is InChI=1S/C25H20BrCl3N2O5/c1-10-16(6-5-15(26)20(10)27)30-17(32)9-36-25(35)11-3-2-4-12(7-11)31-23(33)18-13-8-14(19(18)24(31)34)22(29)21(13)28/h2-7,13-14,18-19,21-22H,8-9H2,1H3,(H,30,32)/t13-,14-,18-,19+,21-,22+/m1/s1. The zero-order valence-corrected chi connectivity index (χ0v) is 22.7. The number of carbonyl (C=O) groups is 4. The Bertz CT molecular complexity index is 1270. The van der Waals surface area contributed by atoms with Gasteiger partial charge in [-0.25, -0.2) is 4.79 Å². The largest absolute Gasteiger partial charge is 0.452 e. The second kappa shape index (κ2) is 9.63. The number of halogens is 4. The van der Waals surface area contributed by atoms with Crippen LogP contribution in [0.5, 0.6) is 0 Å². The predicted octanol–water partition coefficient (Wildman–Crippen LogP) is 5.18. The number of fused-ring (bicyclic) bond motifs is 5. The molecule has 188 valence electrons. The number of hydrogen-bond acceptors (Lipinski definition) is 5. The van der Waals surface area contributed by atoms with E-state index in [4.69, 9.17) is 39.5 Å². The first-order valence-electron chi connectivity index (χ1n) is 11.3. The molecule has 2 bridgehead atoms. The molecule has 2 aliphatic carbocycles. The summed E-state index contributed by atoms with van der Waals surface area (Å²) in [4.78, 5) is 52.5. The van der Waals surface area contributed by atoms with E-state index in [-0.39, 0.29) is 45.7 Å². The van der Waals surface area contributed by atoms with Gasteiger partial charge in [0, 0.05) is 10.2 Å². The van der Waals surface area contributed by atoms with Crippen LogP contribution in [0.2, 0.25) is 5.02 Å². The molecule has 1 heterocycles. The van der Waals surface area contributed by atoms with Crippen molar-refractivity contribution in [1.29, 1.82) is 0 Å². The van der Waals surface area contributed by atoms with Crippen molar-refractivity contribution in [2.24, 2.45) is 23.7 Å². The number of amides is 3. The van der Waals surface area contributed by atoms with Gasteiger partial charge in [0.1, 0.15) is 0 Å². The van der Waals surface area contributed by atoms with Gasteiger partial charge in [-0.15, -0.1) is 23.2 Å². The molecule has 2 aromatic carbocycles. The number of imide groups is 1. The van der Waals surface area contributed by atoms with Gasteiger partial charge in [-0.05, 0) is 77.0 Å². The number of hydrogen-bond donors (Lipinski definition) is 1. The Morgan fingerprint density at radius 1 is 1.08 bits per heavy atom. The highest BCUT2D eigenvalue weighted by atomic mass is 79.9. The van der Waals surface area contributed by atoms with E-state index in [0.29, 0.717) is 27.2 Å². The third-order valence-electron chi connectivity index (χ3n) is 7.27. The highest BCUT2D eigenvalue weighted by Gasteiger charge is 2.66. The number of rotatable bonds is 5. The fourth-order valence-corrected chi connectivity index (χ4v) is 7.05. The Morgan fingerprint density at radius 3 is 2.36 bits per heavy atom. The summed E-state index contributed by atoms with van der Waals surface area (Å²) >= 11 is 22.3. The lowest BCUT2D eigenvalue weighted by atomic mass is 9.80. The zero-order valence-electron chi connectivity index (χ0n) is 18.8. The molecule has 0 radical (unpaired) electrons. The first kappa shape index (κ1) is 25.5. The molecule has 1 N–H and O–H groups in total. The third-order valence-corrected chi connectivity index (χ3v) is 9.97. The number of nitrogens with one attached hydrogen (secondary N) is 1. The van der Waals surface area contributed by atoms with Gasteiger partial charge in [0.05, 0.1) is 38.9 Å². The highest BCUT2D eigenvalue weighted by molar-refractivity contribution is 9.10. The van der Waals surface area contributed by atoms with E-state index in [1.165, 1.54) is 12.1 Å². The number of nitrogens with zero attached hydrogens (tertiary/aromatic N) is 1. The number of alkyl halides is 2. The van der Waals surface area contributed by atoms with Gasteiger partial charge in [0.15, 0.2) is 6.61 Å². The highest BCUT2D eigenvalue weighted by Crippen LogP contribution is 2.59. The summed E-state index contributed by atoms with van der Waals surface area (Å²) in [6.07, 6.45) is 0.670. The Kier molecular flexibility index (Phi) is 6.83. The van der Waals surface area contributed by atoms with Gasteiger partial charge in [-0.2, -0.15) is 0 Å². The number of carbonyl (C=O) groups excluding carboxylic acids is 4. The summed E-state index contributed by atoms with van der Waals surface area (Å²) in [5.41, 5.74) is 1.54. The molecule has 0 aromatic heterocycles. The van der Waals surface area contributed by atoms with E-state index in [0.717, 1.165) is 4.90 Å². The summed E-state index contributed by atoms with van der Waals surface area (Å²) in [6.45, 7) is 1.22. The topological polar surface area (TPSA) is 92.8 Å². The van der Waals surface area contributed by atoms with Crippen LogP contribution in [0.25, 0.3) is 0 Å². The SMILES string of the molecule is Cc1c(NC(=O)COC(=O)c2cccc(N3C(=O)[C@@H]4[C@H]5C[C@@H]([C@H](Cl)[C@@H]5Cl)[C@@H]4C3=O)c2)ccc(Br)c1Cl. The van der Waals surface area contributed by atoms with Gasteiger partial charge < -0.3 is 10.1 Å². The Hall–Kier alpha value is -2.13. The first-order valence-corrected chi connectivity index (χ1v) is 13.3. The molecular weight excluding hydrogens is 595 g/mol. The van der Waals surface area contributed by atoms with Crippen LogP contribution in [0.4, 0.5) is 11.4 Å². The van der Waals surface area contributed by atoms with Crippen molar-refractivity contribution < 1.29 is 23.9 Å². The molecular formula is C25H20BrCl3N2O5. The van der Waals surface area contributed by atoms with E-state index < -0.39 is 30.3 Å². The Labute approximate surface area is 230 Å². The normalized spacial score (nSPS) is 28.4. The molecule has 6 atom stereocenters. The molecule has 3 aliphatic rings. The van der Waals surface area contributed by atoms with Crippen molar-refractivity contribution >= 4 is 85.8 Å². The molecule has 1 saturated heterocycles. The van der Waals surface area contributed by atoms with E-state index in [9.17, 15) is 19.2 Å². The molecule has 1 aliphatic heterocycles. The predicted molar refractivity (Wildman–Crippen MR) is 140 cm³/mol. The number of anilines is 2. The van der Waals surface area contributed by atoms with Crippen molar-refractivity contribution in [2.75, 3.05) is 16.8 Å². The minimum Gasteiger partial charge on any atom is -0.452 e. The summed E-state index contributed by atoms with van der Waals surface area (Å²) in [7, 11) is 0. The van der Waals surface area contributed by atoms with Crippen molar-refractivity contribution in [3.8, 4) is 0 Å². The maximum atomic E-state index is 13.2. The molecule has 3 amide bonds. The molecule has 2 aromatic rings. The van der Waals surface area contributed by atoms with Gasteiger partial charge in [-0.3, -0.25) is 19.3 Å². The van der Waals surface area contributed by atoms with Crippen molar-refractivity contribution in [2.45, 2.75) is 24.1 Å². The zero-order chi connectivity index (χ0) is 25.9. The van der Waals surface area contributed by atoms with Crippen LogP contribution in [0.3, 0.4) is 0 Å². The molecule has 5 rings (SSSR count). The van der Waals surface area contributed by atoms with E-state index in [1.807, 2.05) is 0 Å². The maximum absolute atomic E-state index is 13.2. The maximum Gasteiger partial charge on any atom is 0.338 e. The third kappa shape index (κ3) is 4.12. The summed E-state index contributed by atoms with van der Waals surface area (Å²) in [5, 5.41) is 2.43. The van der Waals surface area contributed by atoms with Crippen LogP contribution in [0.1, 0.15) is 22.3 Å². The lowest BCUT2D eigenvalue weighted by Gasteiger charge is -2.28. The van der Waals surface area contributed by atoms with Gasteiger partial charge in [-0.1, -0.05) is 17.7 Å². The second-order valence-corrected chi connectivity index (χ2v) is 11.5. The van der Waals surface area contributed by atoms with Crippen LogP contribution in [0.15, 0.2) is 40.9 Å². The molecule has 0 spiro atoms. The molecule has 11 heteroatoms. The monoisotopic (exact) mass is 612 g/mol. The number of esters is 1. The van der Waals surface area contributed by atoms with Crippen molar-refractivity contribution in [1.82, 2.24) is 0 Å². The smallest absolute Gasteiger partial charge is 0.338 e. The Balaban J connectivity index is 1.26. The van der Waals surface area contributed by atoms with Crippen LogP contribution in [-0.2, 0) is 19.1 Å². The van der Waals surface area contributed by atoms with E-state index >= 15 is 0 Å².